The average Bonchev–Trinajstić information content (AvgIpc) is 3.01. The van der Waals surface area contributed by atoms with Crippen LogP contribution < -0.4 is 9.80 Å². The van der Waals surface area contributed by atoms with Gasteiger partial charge in [0.15, 0.2) is 0 Å². The summed E-state index contributed by atoms with van der Waals surface area (Å²) in [7, 11) is 0. The second-order valence-corrected chi connectivity index (χ2v) is 10.5. The van der Waals surface area contributed by atoms with Gasteiger partial charge in [-0.3, -0.25) is 0 Å². The van der Waals surface area contributed by atoms with E-state index in [1.54, 1.807) is 0 Å². The van der Waals surface area contributed by atoms with Crippen LogP contribution in [0.1, 0.15) is 23.1 Å². The molecule has 0 N–H and O–H groups in total. The molecule has 0 fully saturated rings. The number of hydrogen-bond acceptors (Lipinski definition) is 2. The van der Waals surface area contributed by atoms with Gasteiger partial charge in [-0.2, -0.15) is 0 Å². The summed E-state index contributed by atoms with van der Waals surface area (Å²) in [5.74, 6) is 0. The van der Waals surface area contributed by atoms with Gasteiger partial charge in [0.1, 0.15) is 5.66 Å². The van der Waals surface area contributed by atoms with E-state index in [9.17, 15) is 0 Å². The minimum Gasteiger partial charge on any atom is -0.314 e. The number of hydrogen-bond donors (Lipinski definition) is 0. The van der Waals surface area contributed by atoms with E-state index in [1.807, 2.05) is 0 Å². The maximum absolute atomic E-state index is 2.50. The maximum atomic E-state index is 2.50. The lowest BCUT2D eigenvalue weighted by Crippen LogP contribution is -2.57. The summed E-state index contributed by atoms with van der Waals surface area (Å²) in [5.41, 5.74) is 8.97. The van der Waals surface area contributed by atoms with Gasteiger partial charge < -0.3 is 9.80 Å². The minimum absolute atomic E-state index is 0.564. The van der Waals surface area contributed by atoms with Crippen LogP contribution in [0.3, 0.4) is 0 Å². The third kappa shape index (κ3) is 4.97. The number of allylic oxidation sites excluding steroid dienone is 2. The van der Waals surface area contributed by atoms with Gasteiger partial charge in [-0.05, 0) is 79.6 Å². The Morgan fingerprint density at radius 1 is 0.475 bits per heavy atom. The van der Waals surface area contributed by atoms with Crippen LogP contribution in [0.4, 0.5) is 22.7 Å². The monoisotopic (exact) mass is 518 g/mol. The summed E-state index contributed by atoms with van der Waals surface area (Å²) in [6.07, 6.45) is 7.87. The quantitative estimate of drug-likeness (QED) is 0.198. The number of rotatable bonds is 7. The average molecular weight is 519 g/mol. The third-order valence-corrected chi connectivity index (χ3v) is 7.65. The maximum Gasteiger partial charge on any atom is 0.145 e. The van der Waals surface area contributed by atoms with Crippen molar-refractivity contribution in [2.24, 2.45) is 0 Å². The fourth-order valence-electron chi connectivity index (χ4n) is 5.63. The highest BCUT2D eigenvalue weighted by Crippen LogP contribution is 2.47. The van der Waals surface area contributed by atoms with Gasteiger partial charge in [-0.15, -0.1) is 0 Å². The van der Waals surface area contributed by atoms with E-state index in [0.29, 0.717) is 0 Å². The molecule has 0 amide bonds. The smallest absolute Gasteiger partial charge is 0.145 e. The Morgan fingerprint density at radius 2 is 0.875 bits per heavy atom. The molecule has 0 saturated heterocycles. The summed E-state index contributed by atoms with van der Waals surface area (Å²) >= 11 is 0. The van der Waals surface area contributed by atoms with Gasteiger partial charge >= 0.3 is 0 Å². The zero-order chi connectivity index (χ0) is 27.4. The Labute approximate surface area is 238 Å². The lowest BCUT2D eigenvalue weighted by molar-refractivity contribution is 0.526. The Morgan fingerprint density at radius 3 is 1.27 bits per heavy atom. The van der Waals surface area contributed by atoms with Crippen molar-refractivity contribution in [3.05, 3.63) is 174 Å². The fourth-order valence-corrected chi connectivity index (χ4v) is 5.63. The molecule has 40 heavy (non-hydrogen) atoms. The molecule has 6 rings (SSSR count). The molecular formula is C38H34N2. The van der Waals surface area contributed by atoms with E-state index in [4.69, 9.17) is 0 Å². The third-order valence-electron chi connectivity index (χ3n) is 7.65. The zero-order valence-corrected chi connectivity index (χ0v) is 23.1. The molecule has 1 aliphatic carbocycles. The molecule has 0 radical (unpaired) electrons. The molecule has 5 aromatic rings. The molecule has 1 unspecified atom stereocenters. The first kappa shape index (κ1) is 25.5. The van der Waals surface area contributed by atoms with Crippen molar-refractivity contribution < 1.29 is 0 Å². The first-order valence-electron chi connectivity index (χ1n) is 13.9. The van der Waals surface area contributed by atoms with Crippen molar-refractivity contribution >= 4 is 28.3 Å². The summed E-state index contributed by atoms with van der Waals surface area (Å²) in [4.78, 5) is 4.99. The topological polar surface area (TPSA) is 6.48 Å². The molecular weight excluding hydrogens is 484 g/mol. The number of benzene rings is 5. The summed E-state index contributed by atoms with van der Waals surface area (Å²) in [6, 6.07) is 50.0. The van der Waals surface area contributed by atoms with Crippen LogP contribution in [0.25, 0.3) is 5.57 Å². The van der Waals surface area contributed by atoms with Crippen LogP contribution in [0.2, 0.25) is 0 Å². The van der Waals surface area contributed by atoms with Gasteiger partial charge in [0.05, 0.1) is 0 Å². The van der Waals surface area contributed by atoms with Gasteiger partial charge in [-0.25, -0.2) is 0 Å². The number of para-hydroxylation sites is 2. The van der Waals surface area contributed by atoms with Crippen molar-refractivity contribution in [1.29, 1.82) is 0 Å². The molecule has 1 aliphatic rings. The van der Waals surface area contributed by atoms with Crippen molar-refractivity contribution in [3.8, 4) is 0 Å². The largest absolute Gasteiger partial charge is 0.314 e. The molecule has 0 saturated carbocycles. The van der Waals surface area contributed by atoms with Crippen molar-refractivity contribution in [3.63, 3.8) is 0 Å². The standard InChI is InChI=1S/C38H34N2/c1-30-18-22-36(23-19-30)40(37-24-20-31(2)21-25-37)38(28-26-33(27-29-38)32-12-6-3-7-13-32)39(34-14-8-4-9-15-34)35-16-10-5-11-17-35/h3-28H,29H2,1-2H3. The normalized spacial score (nSPS) is 16.3. The fraction of sp³-hybridized carbons (Fsp3) is 0.105. The van der Waals surface area contributed by atoms with Crippen molar-refractivity contribution in [2.45, 2.75) is 25.9 Å². The Hall–Kier alpha value is -4.82. The molecule has 0 heterocycles. The van der Waals surface area contributed by atoms with Gasteiger partial charge in [0.25, 0.3) is 0 Å². The SMILES string of the molecule is Cc1ccc(N(c2ccc(C)cc2)C2(N(c3ccccc3)c3ccccc3)C=CC(c3ccccc3)=CC2)cc1. The van der Waals surface area contributed by atoms with Crippen LogP contribution >= 0.6 is 0 Å². The van der Waals surface area contributed by atoms with Crippen LogP contribution in [-0.4, -0.2) is 5.66 Å². The van der Waals surface area contributed by atoms with Crippen LogP contribution in [-0.2, 0) is 0 Å². The number of anilines is 4. The molecule has 0 aromatic heterocycles. The van der Waals surface area contributed by atoms with Crippen LogP contribution in [0, 0.1) is 13.8 Å². The highest BCUT2D eigenvalue weighted by Gasteiger charge is 2.43. The predicted molar refractivity (Wildman–Crippen MR) is 170 cm³/mol. The van der Waals surface area contributed by atoms with Crippen LogP contribution in [0.5, 0.6) is 0 Å². The summed E-state index contributed by atoms with van der Waals surface area (Å²) < 4.78 is 0. The van der Waals surface area contributed by atoms with E-state index in [1.165, 1.54) is 22.3 Å². The molecule has 0 aliphatic heterocycles. The molecule has 0 bridgehead atoms. The minimum atomic E-state index is -0.564. The van der Waals surface area contributed by atoms with E-state index >= 15 is 0 Å². The van der Waals surface area contributed by atoms with E-state index < -0.39 is 5.66 Å². The van der Waals surface area contributed by atoms with Crippen molar-refractivity contribution in [1.82, 2.24) is 0 Å². The molecule has 5 aromatic carbocycles. The highest BCUT2D eigenvalue weighted by atomic mass is 15.4. The lowest BCUT2D eigenvalue weighted by Gasteiger charge is -2.52. The van der Waals surface area contributed by atoms with Gasteiger partial charge in [-0.1, -0.05) is 114 Å². The van der Waals surface area contributed by atoms with E-state index in [0.717, 1.165) is 29.2 Å². The molecule has 0 spiro atoms. The van der Waals surface area contributed by atoms with Gasteiger partial charge in [0.2, 0.25) is 0 Å². The molecule has 196 valence electrons. The first-order valence-corrected chi connectivity index (χ1v) is 13.9. The Kier molecular flexibility index (Phi) is 7.08. The molecule has 2 heteroatoms. The summed E-state index contributed by atoms with van der Waals surface area (Å²) in [6.45, 7) is 4.29. The number of nitrogens with zero attached hydrogens (tertiary/aromatic N) is 2. The van der Waals surface area contributed by atoms with Gasteiger partial charge in [0, 0.05) is 29.2 Å². The highest BCUT2D eigenvalue weighted by molar-refractivity contribution is 5.81. The molecule has 1 atom stereocenters. The predicted octanol–water partition coefficient (Wildman–Crippen LogP) is 10.0. The van der Waals surface area contributed by atoms with Crippen LogP contribution in [0.15, 0.2) is 158 Å². The molecule has 2 nitrogen and oxygen atoms in total. The second kappa shape index (κ2) is 11.1. The second-order valence-electron chi connectivity index (χ2n) is 10.5. The Balaban J connectivity index is 1.62. The zero-order valence-electron chi connectivity index (χ0n) is 23.1. The number of aryl methyl sites for hydroxylation is 2. The van der Waals surface area contributed by atoms with Crippen molar-refractivity contribution in [2.75, 3.05) is 9.80 Å². The van der Waals surface area contributed by atoms with E-state index in [2.05, 4.69) is 181 Å². The lowest BCUT2D eigenvalue weighted by atomic mass is 9.88. The van der Waals surface area contributed by atoms with E-state index in [-0.39, 0.29) is 0 Å². The summed E-state index contributed by atoms with van der Waals surface area (Å²) in [5, 5.41) is 0. The first-order chi connectivity index (χ1) is 19.6. The Bertz CT molecular complexity index is 1520.